The van der Waals surface area contributed by atoms with Crippen molar-refractivity contribution in [1.29, 1.82) is 0 Å². The van der Waals surface area contributed by atoms with E-state index >= 15 is 0 Å². The van der Waals surface area contributed by atoms with Crippen molar-refractivity contribution in [2.45, 2.75) is 0 Å². The minimum Gasteiger partial charge on any atom is -0.506 e. The van der Waals surface area contributed by atoms with E-state index in [1.54, 1.807) is 18.2 Å². The molecule has 0 radical (unpaired) electrons. The van der Waals surface area contributed by atoms with E-state index in [1.165, 1.54) is 6.20 Å². The lowest BCUT2D eigenvalue weighted by atomic mass is 10.2. The number of hydrogen-bond acceptors (Lipinski definition) is 2. The average Bonchev–Trinajstić information content (AvgIpc) is 2.12. The Morgan fingerprint density at radius 3 is 2.77 bits per heavy atom. The first-order valence-electron chi connectivity index (χ1n) is 3.61. The van der Waals surface area contributed by atoms with Crippen molar-refractivity contribution in [2.24, 2.45) is 0 Å². The van der Waals surface area contributed by atoms with Crippen LogP contribution in [0.2, 0.25) is 10.0 Å². The fraction of sp³-hybridized carbons (Fsp3) is 0. The molecular formula is C9H5Cl2NO. The van der Waals surface area contributed by atoms with Crippen LogP contribution in [0.15, 0.2) is 24.4 Å². The van der Waals surface area contributed by atoms with Gasteiger partial charge in [-0.25, -0.2) is 0 Å². The van der Waals surface area contributed by atoms with E-state index in [2.05, 4.69) is 4.98 Å². The molecule has 0 atom stereocenters. The molecule has 1 N–H and O–H groups in total. The second kappa shape index (κ2) is 3.05. The van der Waals surface area contributed by atoms with Gasteiger partial charge in [0.05, 0.1) is 21.8 Å². The molecular weight excluding hydrogens is 209 g/mol. The Morgan fingerprint density at radius 1 is 1.23 bits per heavy atom. The van der Waals surface area contributed by atoms with Crippen molar-refractivity contribution >= 4 is 34.1 Å². The Hall–Kier alpha value is -0.990. The van der Waals surface area contributed by atoms with Crippen LogP contribution < -0.4 is 0 Å². The lowest BCUT2D eigenvalue weighted by Crippen LogP contribution is -1.80. The molecule has 0 aliphatic carbocycles. The molecule has 1 heterocycles. The molecule has 1 aromatic heterocycles. The first-order valence-corrected chi connectivity index (χ1v) is 4.37. The summed E-state index contributed by atoms with van der Waals surface area (Å²) in [6.07, 6.45) is 1.34. The van der Waals surface area contributed by atoms with Crippen molar-refractivity contribution in [2.75, 3.05) is 0 Å². The van der Waals surface area contributed by atoms with E-state index in [0.717, 1.165) is 5.39 Å². The number of nitrogens with zero attached hydrogens (tertiary/aromatic N) is 1. The summed E-state index contributed by atoms with van der Waals surface area (Å²) in [5, 5.41) is 10.8. The van der Waals surface area contributed by atoms with E-state index in [1.807, 2.05) is 0 Å². The van der Waals surface area contributed by atoms with E-state index < -0.39 is 0 Å². The highest BCUT2D eigenvalue weighted by Gasteiger charge is 2.04. The van der Waals surface area contributed by atoms with Gasteiger partial charge in [-0.15, -0.1) is 0 Å². The number of benzene rings is 1. The van der Waals surface area contributed by atoms with Crippen LogP contribution in [0.3, 0.4) is 0 Å². The zero-order valence-electron chi connectivity index (χ0n) is 6.46. The number of rotatable bonds is 0. The zero-order chi connectivity index (χ0) is 9.42. The Balaban J connectivity index is 2.87. The predicted octanol–water partition coefficient (Wildman–Crippen LogP) is 3.25. The largest absolute Gasteiger partial charge is 0.506 e. The van der Waals surface area contributed by atoms with Crippen molar-refractivity contribution in [3.05, 3.63) is 34.4 Å². The lowest BCUT2D eigenvalue weighted by Gasteiger charge is -2.01. The van der Waals surface area contributed by atoms with Gasteiger partial charge in [-0.3, -0.25) is 4.98 Å². The van der Waals surface area contributed by atoms with Crippen molar-refractivity contribution in [3.8, 4) is 5.75 Å². The maximum atomic E-state index is 9.15. The van der Waals surface area contributed by atoms with Crippen molar-refractivity contribution in [1.82, 2.24) is 4.98 Å². The lowest BCUT2D eigenvalue weighted by molar-refractivity contribution is 0.474. The SMILES string of the molecule is Oc1cnc2c(Cl)c(Cl)ccc2c1. The number of aromatic hydroxyl groups is 1. The van der Waals surface area contributed by atoms with Gasteiger partial charge < -0.3 is 5.11 Å². The molecule has 0 unspecified atom stereocenters. The van der Waals surface area contributed by atoms with Crippen LogP contribution in [-0.4, -0.2) is 10.1 Å². The molecule has 0 fully saturated rings. The minimum atomic E-state index is 0.117. The molecule has 66 valence electrons. The fourth-order valence-corrected chi connectivity index (χ4v) is 1.50. The predicted molar refractivity (Wildman–Crippen MR) is 53.4 cm³/mol. The smallest absolute Gasteiger partial charge is 0.134 e. The van der Waals surface area contributed by atoms with Crippen molar-refractivity contribution in [3.63, 3.8) is 0 Å². The molecule has 2 rings (SSSR count). The standard InChI is InChI=1S/C9H5Cl2NO/c10-7-2-1-5-3-6(13)4-12-9(5)8(7)11/h1-4,13H. The van der Waals surface area contributed by atoms with Crippen LogP contribution in [0.4, 0.5) is 0 Å². The summed E-state index contributed by atoms with van der Waals surface area (Å²) < 4.78 is 0. The Morgan fingerprint density at radius 2 is 2.00 bits per heavy atom. The molecule has 13 heavy (non-hydrogen) atoms. The summed E-state index contributed by atoms with van der Waals surface area (Å²) in [4.78, 5) is 3.97. The number of hydrogen-bond donors (Lipinski definition) is 1. The monoisotopic (exact) mass is 213 g/mol. The Kier molecular flexibility index (Phi) is 2.02. The molecule has 0 bridgehead atoms. The third-order valence-corrected chi connectivity index (χ3v) is 2.52. The van der Waals surface area contributed by atoms with Gasteiger partial charge in [-0.1, -0.05) is 29.3 Å². The molecule has 1 aromatic carbocycles. The van der Waals surface area contributed by atoms with Crippen LogP contribution in [-0.2, 0) is 0 Å². The fourth-order valence-electron chi connectivity index (χ4n) is 1.13. The maximum absolute atomic E-state index is 9.15. The molecule has 2 nitrogen and oxygen atoms in total. The molecule has 0 aliphatic rings. The summed E-state index contributed by atoms with van der Waals surface area (Å²) in [6.45, 7) is 0. The number of fused-ring (bicyclic) bond motifs is 1. The first kappa shape index (κ1) is 8.60. The number of aromatic nitrogens is 1. The second-order valence-corrected chi connectivity index (χ2v) is 3.41. The summed E-state index contributed by atoms with van der Waals surface area (Å²) in [5.74, 6) is 0.117. The number of halogens is 2. The molecule has 0 saturated heterocycles. The van der Waals surface area contributed by atoms with E-state index in [-0.39, 0.29) is 5.75 Å². The van der Waals surface area contributed by atoms with Gasteiger partial charge in [-0.2, -0.15) is 0 Å². The Labute approximate surface area is 84.7 Å². The quantitative estimate of drug-likeness (QED) is 0.730. The van der Waals surface area contributed by atoms with Gasteiger partial charge in [0, 0.05) is 5.39 Å². The number of pyridine rings is 1. The topological polar surface area (TPSA) is 33.1 Å². The molecule has 4 heteroatoms. The maximum Gasteiger partial charge on any atom is 0.134 e. The molecule has 0 saturated carbocycles. The summed E-state index contributed by atoms with van der Waals surface area (Å²) in [6, 6.07) is 5.02. The van der Waals surface area contributed by atoms with E-state index in [4.69, 9.17) is 28.3 Å². The summed E-state index contributed by atoms with van der Waals surface area (Å²) >= 11 is 11.7. The van der Waals surface area contributed by atoms with Gasteiger partial charge >= 0.3 is 0 Å². The van der Waals surface area contributed by atoms with Crippen molar-refractivity contribution < 1.29 is 5.11 Å². The van der Waals surface area contributed by atoms with E-state index in [0.29, 0.717) is 15.6 Å². The van der Waals surface area contributed by atoms with Crippen LogP contribution in [0.1, 0.15) is 0 Å². The van der Waals surface area contributed by atoms with Gasteiger partial charge in [0.25, 0.3) is 0 Å². The zero-order valence-corrected chi connectivity index (χ0v) is 7.97. The Bertz CT molecular complexity index is 470. The third kappa shape index (κ3) is 1.43. The highest BCUT2D eigenvalue weighted by molar-refractivity contribution is 6.44. The van der Waals surface area contributed by atoms with E-state index in [9.17, 15) is 0 Å². The molecule has 2 aromatic rings. The van der Waals surface area contributed by atoms with Crippen LogP contribution in [0, 0.1) is 0 Å². The third-order valence-electron chi connectivity index (χ3n) is 1.73. The van der Waals surface area contributed by atoms with Gasteiger partial charge in [0.15, 0.2) is 0 Å². The van der Waals surface area contributed by atoms with Crippen LogP contribution in [0.25, 0.3) is 10.9 Å². The average molecular weight is 214 g/mol. The highest BCUT2D eigenvalue weighted by atomic mass is 35.5. The van der Waals surface area contributed by atoms with Gasteiger partial charge in [-0.05, 0) is 12.1 Å². The first-order chi connectivity index (χ1) is 6.18. The van der Waals surface area contributed by atoms with Gasteiger partial charge in [0.2, 0.25) is 0 Å². The van der Waals surface area contributed by atoms with Crippen LogP contribution in [0.5, 0.6) is 5.75 Å². The normalized spacial score (nSPS) is 10.6. The van der Waals surface area contributed by atoms with Crippen LogP contribution >= 0.6 is 23.2 Å². The second-order valence-electron chi connectivity index (χ2n) is 2.63. The summed E-state index contributed by atoms with van der Waals surface area (Å²) in [7, 11) is 0. The van der Waals surface area contributed by atoms with Gasteiger partial charge in [0.1, 0.15) is 5.75 Å². The molecule has 0 aliphatic heterocycles. The molecule has 0 amide bonds. The minimum absolute atomic E-state index is 0.117. The highest BCUT2D eigenvalue weighted by Crippen LogP contribution is 2.30. The summed E-state index contributed by atoms with van der Waals surface area (Å²) in [5.41, 5.74) is 0.604. The molecule has 0 spiro atoms.